The van der Waals surface area contributed by atoms with Gasteiger partial charge in [0.05, 0.1) is 22.6 Å². The lowest BCUT2D eigenvalue weighted by atomic mass is 10.0. The number of aromatic nitrogens is 2. The SMILES string of the molecule is c1cc(-c2ccc3oc4ccc5ccccc5c4c3c2)nc(-c2nc3ccccc3c3ccccc23)c1. The molecule has 172 valence electrons. The topological polar surface area (TPSA) is 38.9 Å². The molecule has 3 heterocycles. The van der Waals surface area contributed by atoms with Gasteiger partial charge in [0.25, 0.3) is 0 Å². The Morgan fingerprint density at radius 3 is 2.11 bits per heavy atom. The smallest absolute Gasteiger partial charge is 0.136 e. The fraction of sp³-hybridized carbons (Fsp3) is 0. The fourth-order valence-electron chi connectivity index (χ4n) is 5.53. The van der Waals surface area contributed by atoms with E-state index < -0.39 is 0 Å². The Morgan fingerprint density at radius 2 is 1.19 bits per heavy atom. The van der Waals surface area contributed by atoms with Crippen molar-refractivity contribution in [3.63, 3.8) is 0 Å². The van der Waals surface area contributed by atoms with E-state index >= 15 is 0 Å². The zero-order chi connectivity index (χ0) is 24.3. The average Bonchev–Trinajstić information content (AvgIpc) is 3.35. The Balaban J connectivity index is 1.34. The maximum atomic E-state index is 6.20. The first kappa shape index (κ1) is 20.2. The zero-order valence-electron chi connectivity index (χ0n) is 19.8. The summed E-state index contributed by atoms with van der Waals surface area (Å²) in [7, 11) is 0. The Kier molecular flexibility index (Phi) is 4.23. The third kappa shape index (κ3) is 3.08. The van der Waals surface area contributed by atoms with Crippen LogP contribution in [0, 0.1) is 0 Å². The summed E-state index contributed by atoms with van der Waals surface area (Å²) < 4.78 is 6.20. The summed E-state index contributed by atoms with van der Waals surface area (Å²) in [6, 6.07) is 41.9. The van der Waals surface area contributed by atoms with Crippen molar-refractivity contribution in [1.29, 1.82) is 0 Å². The molecular formula is C34H20N2O. The molecule has 0 fully saturated rings. The van der Waals surface area contributed by atoms with E-state index in [0.29, 0.717) is 0 Å². The lowest BCUT2D eigenvalue weighted by Gasteiger charge is -2.10. The molecule has 8 aromatic rings. The Bertz CT molecular complexity index is 2160. The van der Waals surface area contributed by atoms with Crippen LogP contribution >= 0.6 is 0 Å². The van der Waals surface area contributed by atoms with Crippen molar-refractivity contribution in [2.75, 3.05) is 0 Å². The maximum Gasteiger partial charge on any atom is 0.136 e. The van der Waals surface area contributed by atoms with Crippen LogP contribution in [-0.2, 0) is 0 Å². The molecule has 5 aromatic carbocycles. The predicted molar refractivity (Wildman–Crippen MR) is 153 cm³/mol. The first-order valence-electron chi connectivity index (χ1n) is 12.4. The minimum atomic E-state index is 0.863. The van der Waals surface area contributed by atoms with Crippen LogP contribution in [0.1, 0.15) is 0 Å². The van der Waals surface area contributed by atoms with Crippen LogP contribution < -0.4 is 0 Å². The highest BCUT2D eigenvalue weighted by Gasteiger charge is 2.14. The molecular weight excluding hydrogens is 452 g/mol. The van der Waals surface area contributed by atoms with Crippen LogP contribution in [0.5, 0.6) is 0 Å². The third-order valence-corrected chi connectivity index (χ3v) is 7.26. The molecule has 0 atom stereocenters. The normalized spacial score (nSPS) is 11.8. The monoisotopic (exact) mass is 472 g/mol. The van der Waals surface area contributed by atoms with Crippen molar-refractivity contribution in [3.8, 4) is 22.6 Å². The van der Waals surface area contributed by atoms with Gasteiger partial charge in [0.15, 0.2) is 0 Å². The second kappa shape index (κ2) is 7.74. The van der Waals surface area contributed by atoms with Crippen molar-refractivity contribution in [3.05, 3.63) is 121 Å². The standard InChI is InChI=1S/C34H20N2O/c1-2-9-23-21(8-1)16-19-32-33(23)27-20-22(17-18-31(27)37-32)28-14-7-15-30(35-28)34-26-12-4-3-10-24(26)25-11-5-6-13-29(25)36-34/h1-20H. The number of benzene rings is 5. The first-order chi connectivity index (χ1) is 18.3. The second-order valence-corrected chi connectivity index (χ2v) is 9.40. The van der Waals surface area contributed by atoms with Crippen LogP contribution in [0.25, 0.3) is 77.0 Å². The number of nitrogens with zero attached hydrogens (tertiary/aromatic N) is 2. The van der Waals surface area contributed by atoms with Crippen molar-refractivity contribution < 1.29 is 4.42 Å². The van der Waals surface area contributed by atoms with Gasteiger partial charge in [-0.15, -0.1) is 0 Å². The molecule has 0 radical (unpaired) electrons. The third-order valence-electron chi connectivity index (χ3n) is 7.26. The van der Waals surface area contributed by atoms with Gasteiger partial charge in [-0.1, -0.05) is 78.9 Å². The molecule has 0 aliphatic rings. The molecule has 0 saturated carbocycles. The molecule has 0 unspecified atom stereocenters. The molecule has 0 aliphatic heterocycles. The van der Waals surface area contributed by atoms with E-state index in [1.165, 1.54) is 16.2 Å². The summed E-state index contributed by atoms with van der Waals surface area (Å²) in [5.74, 6) is 0. The van der Waals surface area contributed by atoms with Crippen LogP contribution in [0.2, 0.25) is 0 Å². The highest BCUT2D eigenvalue weighted by atomic mass is 16.3. The molecule has 3 aromatic heterocycles. The molecule has 0 N–H and O–H groups in total. The predicted octanol–water partition coefficient (Wildman–Crippen LogP) is 9.17. The van der Waals surface area contributed by atoms with Gasteiger partial charge in [0.2, 0.25) is 0 Å². The van der Waals surface area contributed by atoms with E-state index in [2.05, 4.69) is 109 Å². The van der Waals surface area contributed by atoms with E-state index in [-0.39, 0.29) is 0 Å². The van der Waals surface area contributed by atoms with Gasteiger partial charge < -0.3 is 4.42 Å². The second-order valence-electron chi connectivity index (χ2n) is 9.40. The van der Waals surface area contributed by atoms with E-state index in [1.807, 2.05) is 12.1 Å². The van der Waals surface area contributed by atoms with E-state index in [1.54, 1.807) is 0 Å². The minimum absolute atomic E-state index is 0.863. The van der Waals surface area contributed by atoms with E-state index in [0.717, 1.165) is 60.9 Å². The maximum absolute atomic E-state index is 6.20. The zero-order valence-corrected chi connectivity index (χ0v) is 19.8. The van der Waals surface area contributed by atoms with Crippen LogP contribution in [0.4, 0.5) is 0 Å². The number of para-hydroxylation sites is 1. The molecule has 0 spiro atoms. The van der Waals surface area contributed by atoms with Crippen molar-refractivity contribution in [2.24, 2.45) is 0 Å². The highest BCUT2D eigenvalue weighted by Crippen LogP contribution is 2.37. The number of pyridine rings is 2. The van der Waals surface area contributed by atoms with Crippen molar-refractivity contribution >= 4 is 54.4 Å². The van der Waals surface area contributed by atoms with E-state index in [4.69, 9.17) is 14.4 Å². The number of furan rings is 1. The van der Waals surface area contributed by atoms with E-state index in [9.17, 15) is 0 Å². The molecule has 3 nitrogen and oxygen atoms in total. The van der Waals surface area contributed by atoms with Gasteiger partial charge in [0.1, 0.15) is 11.2 Å². The van der Waals surface area contributed by atoms with Crippen LogP contribution in [-0.4, -0.2) is 9.97 Å². The van der Waals surface area contributed by atoms with Crippen LogP contribution in [0.3, 0.4) is 0 Å². The van der Waals surface area contributed by atoms with Gasteiger partial charge in [-0.2, -0.15) is 0 Å². The van der Waals surface area contributed by atoms with Crippen molar-refractivity contribution in [2.45, 2.75) is 0 Å². The summed E-state index contributed by atoms with van der Waals surface area (Å²) in [5, 5.41) is 8.10. The number of hydrogen-bond donors (Lipinski definition) is 0. The largest absolute Gasteiger partial charge is 0.456 e. The van der Waals surface area contributed by atoms with Crippen molar-refractivity contribution in [1.82, 2.24) is 9.97 Å². The van der Waals surface area contributed by atoms with Gasteiger partial charge in [-0.05, 0) is 58.6 Å². The molecule has 0 amide bonds. The average molecular weight is 473 g/mol. The van der Waals surface area contributed by atoms with Crippen LogP contribution in [0.15, 0.2) is 126 Å². The number of hydrogen-bond acceptors (Lipinski definition) is 3. The Labute approximate surface area is 212 Å². The fourth-order valence-corrected chi connectivity index (χ4v) is 5.53. The molecule has 0 bridgehead atoms. The molecule has 3 heteroatoms. The number of fused-ring (bicyclic) bond motifs is 8. The molecule has 8 rings (SSSR count). The summed E-state index contributed by atoms with van der Waals surface area (Å²) in [4.78, 5) is 10.2. The Hall–Kier alpha value is -5.02. The lowest BCUT2D eigenvalue weighted by Crippen LogP contribution is -1.93. The summed E-state index contributed by atoms with van der Waals surface area (Å²) in [6.45, 7) is 0. The van der Waals surface area contributed by atoms with Gasteiger partial charge >= 0.3 is 0 Å². The Morgan fingerprint density at radius 1 is 0.459 bits per heavy atom. The number of rotatable bonds is 2. The summed E-state index contributed by atoms with van der Waals surface area (Å²) >= 11 is 0. The minimum Gasteiger partial charge on any atom is -0.456 e. The van der Waals surface area contributed by atoms with Gasteiger partial charge in [-0.3, -0.25) is 0 Å². The summed E-state index contributed by atoms with van der Waals surface area (Å²) in [5.41, 5.74) is 6.48. The quantitative estimate of drug-likeness (QED) is 0.235. The lowest BCUT2D eigenvalue weighted by molar-refractivity contribution is 0.669. The van der Waals surface area contributed by atoms with Gasteiger partial charge in [0, 0.05) is 27.1 Å². The highest BCUT2D eigenvalue weighted by molar-refractivity contribution is 6.19. The molecule has 0 saturated heterocycles. The summed E-state index contributed by atoms with van der Waals surface area (Å²) in [6.07, 6.45) is 0. The molecule has 0 aliphatic carbocycles. The van der Waals surface area contributed by atoms with Gasteiger partial charge in [-0.25, -0.2) is 9.97 Å². The first-order valence-corrected chi connectivity index (χ1v) is 12.4. The molecule has 37 heavy (non-hydrogen) atoms.